The first-order valence-corrected chi connectivity index (χ1v) is 5.50. The fourth-order valence-corrected chi connectivity index (χ4v) is 1.94. The van der Waals surface area contributed by atoms with E-state index in [0.29, 0.717) is 0 Å². The van der Waals surface area contributed by atoms with Crippen LogP contribution in [0.3, 0.4) is 0 Å². The summed E-state index contributed by atoms with van der Waals surface area (Å²) in [6.45, 7) is 3.98. The van der Waals surface area contributed by atoms with Gasteiger partial charge in [-0.2, -0.15) is 4.37 Å². The topological polar surface area (TPSA) is 50.7 Å². The molecule has 0 saturated carbocycles. The zero-order valence-corrected chi connectivity index (χ0v) is 9.45. The summed E-state index contributed by atoms with van der Waals surface area (Å²) in [5.41, 5.74) is 1.19. The van der Waals surface area contributed by atoms with E-state index in [1.54, 1.807) is 12.4 Å². The molecule has 15 heavy (non-hydrogen) atoms. The molecule has 0 fully saturated rings. The van der Waals surface area contributed by atoms with E-state index in [1.165, 1.54) is 17.1 Å². The van der Waals surface area contributed by atoms with Gasteiger partial charge in [0.1, 0.15) is 5.82 Å². The molecule has 5 heteroatoms. The molecule has 0 saturated heterocycles. The van der Waals surface area contributed by atoms with Gasteiger partial charge in [0.25, 0.3) is 0 Å². The molecule has 2 aromatic heterocycles. The summed E-state index contributed by atoms with van der Waals surface area (Å²) in [6, 6.07) is 4.21. The number of nitrogens with one attached hydrogen (secondary N) is 1. The van der Waals surface area contributed by atoms with Crippen LogP contribution in [0.25, 0.3) is 0 Å². The van der Waals surface area contributed by atoms with Gasteiger partial charge in [0.15, 0.2) is 0 Å². The van der Waals surface area contributed by atoms with Crippen LogP contribution >= 0.6 is 11.5 Å². The lowest BCUT2D eigenvalue weighted by atomic mass is 10.1. The first kappa shape index (κ1) is 10.0. The van der Waals surface area contributed by atoms with E-state index in [9.17, 15) is 0 Å². The van der Waals surface area contributed by atoms with Crippen molar-refractivity contribution in [3.8, 4) is 0 Å². The SMILES string of the molecule is Cc1nsc(NC(C)c2ccncc2)n1. The third-order valence-corrected chi connectivity index (χ3v) is 2.81. The quantitative estimate of drug-likeness (QED) is 0.863. The van der Waals surface area contributed by atoms with Gasteiger partial charge in [0.05, 0.1) is 6.04 Å². The predicted molar refractivity (Wildman–Crippen MR) is 60.9 cm³/mol. The van der Waals surface area contributed by atoms with Crippen LogP contribution in [0.15, 0.2) is 24.5 Å². The van der Waals surface area contributed by atoms with E-state index >= 15 is 0 Å². The third-order valence-electron chi connectivity index (χ3n) is 2.07. The Labute approximate surface area is 92.6 Å². The van der Waals surface area contributed by atoms with Crippen LogP contribution in [0.2, 0.25) is 0 Å². The summed E-state index contributed by atoms with van der Waals surface area (Å²) in [7, 11) is 0. The second kappa shape index (κ2) is 4.35. The van der Waals surface area contributed by atoms with Crippen molar-refractivity contribution >= 4 is 16.7 Å². The van der Waals surface area contributed by atoms with Crippen molar-refractivity contribution in [1.29, 1.82) is 0 Å². The molecule has 0 amide bonds. The number of aryl methyl sites for hydroxylation is 1. The summed E-state index contributed by atoms with van der Waals surface area (Å²) >= 11 is 1.38. The molecule has 1 unspecified atom stereocenters. The number of aromatic nitrogens is 3. The first-order chi connectivity index (χ1) is 7.25. The fourth-order valence-electron chi connectivity index (χ4n) is 1.28. The molecule has 0 aromatic carbocycles. The van der Waals surface area contributed by atoms with Crippen molar-refractivity contribution in [2.45, 2.75) is 19.9 Å². The summed E-state index contributed by atoms with van der Waals surface area (Å²) in [4.78, 5) is 8.24. The van der Waals surface area contributed by atoms with Crippen molar-refractivity contribution < 1.29 is 0 Å². The number of rotatable bonds is 3. The van der Waals surface area contributed by atoms with Gasteiger partial charge in [-0.15, -0.1) is 0 Å². The highest BCUT2D eigenvalue weighted by molar-refractivity contribution is 7.09. The predicted octanol–water partition coefficient (Wildman–Crippen LogP) is 2.41. The van der Waals surface area contributed by atoms with Crippen molar-refractivity contribution in [2.24, 2.45) is 0 Å². The van der Waals surface area contributed by atoms with Crippen molar-refractivity contribution in [3.05, 3.63) is 35.9 Å². The second-order valence-corrected chi connectivity index (χ2v) is 4.05. The minimum absolute atomic E-state index is 0.223. The zero-order valence-electron chi connectivity index (χ0n) is 8.64. The molecular formula is C10H12N4S. The molecule has 2 rings (SSSR count). The Hall–Kier alpha value is -1.49. The normalized spacial score (nSPS) is 12.4. The number of hydrogen-bond acceptors (Lipinski definition) is 5. The number of hydrogen-bond donors (Lipinski definition) is 1. The van der Waals surface area contributed by atoms with Gasteiger partial charge in [-0.05, 0) is 31.5 Å². The molecule has 0 aliphatic rings. The Balaban J connectivity index is 2.07. The molecule has 78 valence electrons. The molecule has 4 nitrogen and oxygen atoms in total. The van der Waals surface area contributed by atoms with Gasteiger partial charge in [0, 0.05) is 23.9 Å². The Bertz CT molecular complexity index is 426. The highest BCUT2D eigenvalue weighted by Crippen LogP contribution is 2.19. The van der Waals surface area contributed by atoms with Crippen molar-refractivity contribution in [3.63, 3.8) is 0 Å². The highest BCUT2D eigenvalue weighted by Gasteiger charge is 2.07. The van der Waals surface area contributed by atoms with Crippen LogP contribution in [0, 0.1) is 6.92 Å². The van der Waals surface area contributed by atoms with Gasteiger partial charge in [0.2, 0.25) is 5.13 Å². The molecule has 0 aliphatic heterocycles. The van der Waals surface area contributed by atoms with Gasteiger partial charge >= 0.3 is 0 Å². The Morgan fingerprint density at radius 2 is 2.07 bits per heavy atom. The lowest BCUT2D eigenvalue weighted by Crippen LogP contribution is -2.06. The van der Waals surface area contributed by atoms with E-state index in [0.717, 1.165) is 11.0 Å². The molecule has 2 heterocycles. The van der Waals surface area contributed by atoms with Gasteiger partial charge in [-0.25, -0.2) is 4.98 Å². The van der Waals surface area contributed by atoms with Crippen molar-refractivity contribution in [1.82, 2.24) is 14.3 Å². The maximum Gasteiger partial charge on any atom is 0.203 e. The fraction of sp³-hybridized carbons (Fsp3) is 0.300. The summed E-state index contributed by atoms with van der Waals surface area (Å²) in [5.74, 6) is 0.810. The Kier molecular flexibility index (Phi) is 2.91. The summed E-state index contributed by atoms with van der Waals surface area (Å²) < 4.78 is 4.12. The van der Waals surface area contributed by atoms with Gasteiger partial charge < -0.3 is 5.32 Å². The zero-order chi connectivity index (χ0) is 10.7. The first-order valence-electron chi connectivity index (χ1n) is 4.72. The highest BCUT2D eigenvalue weighted by atomic mass is 32.1. The summed E-state index contributed by atoms with van der Waals surface area (Å²) in [5, 5.41) is 4.15. The molecular weight excluding hydrogens is 208 g/mol. The molecule has 0 radical (unpaired) electrons. The smallest absolute Gasteiger partial charge is 0.203 e. The molecule has 0 spiro atoms. The molecule has 0 aliphatic carbocycles. The van der Waals surface area contributed by atoms with Crippen LogP contribution in [-0.4, -0.2) is 14.3 Å². The monoisotopic (exact) mass is 220 g/mol. The van der Waals surface area contributed by atoms with E-state index in [2.05, 4.69) is 26.6 Å². The second-order valence-electron chi connectivity index (χ2n) is 3.29. The lowest BCUT2D eigenvalue weighted by molar-refractivity contribution is 0.876. The summed E-state index contributed by atoms with van der Waals surface area (Å²) in [6.07, 6.45) is 3.58. The van der Waals surface area contributed by atoms with Crippen molar-refractivity contribution in [2.75, 3.05) is 5.32 Å². The number of nitrogens with zero attached hydrogens (tertiary/aromatic N) is 3. The van der Waals surface area contributed by atoms with E-state index in [-0.39, 0.29) is 6.04 Å². The Morgan fingerprint density at radius 1 is 1.33 bits per heavy atom. The average Bonchev–Trinajstić information content (AvgIpc) is 2.65. The van der Waals surface area contributed by atoms with E-state index in [1.807, 2.05) is 19.1 Å². The Morgan fingerprint density at radius 3 is 2.67 bits per heavy atom. The van der Waals surface area contributed by atoms with Crippen LogP contribution in [0.4, 0.5) is 5.13 Å². The van der Waals surface area contributed by atoms with Crippen LogP contribution < -0.4 is 5.32 Å². The van der Waals surface area contributed by atoms with E-state index in [4.69, 9.17) is 0 Å². The molecule has 1 N–H and O–H groups in total. The maximum absolute atomic E-state index is 4.26. The number of anilines is 1. The molecule has 1 atom stereocenters. The standard InChI is InChI=1S/C10H12N4S/c1-7(9-3-5-11-6-4-9)12-10-13-8(2)14-15-10/h3-7H,1-2H3,(H,12,13,14). The largest absolute Gasteiger partial charge is 0.354 e. The number of pyridine rings is 1. The minimum Gasteiger partial charge on any atom is -0.354 e. The molecule has 2 aromatic rings. The van der Waals surface area contributed by atoms with Gasteiger partial charge in [-0.3, -0.25) is 4.98 Å². The minimum atomic E-state index is 0.223. The average molecular weight is 220 g/mol. The molecule has 0 bridgehead atoms. The van der Waals surface area contributed by atoms with Gasteiger partial charge in [-0.1, -0.05) is 0 Å². The van der Waals surface area contributed by atoms with E-state index < -0.39 is 0 Å². The lowest BCUT2D eigenvalue weighted by Gasteiger charge is -2.11. The van der Waals surface area contributed by atoms with Crippen LogP contribution in [0.5, 0.6) is 0 Å². The maximum atomic E-state index is 4.26. The van der Waals surface area contributed by atoms with Crippen LogP contribution in [-0.2, 0) is 0 Å². The van der Waals surface area contributed by atoms with Crippen LogP contribution in [0.1, 0.15) is 24.4 Å². The third kappa shape index (κ3) is 2.50.